The monoisotopic (exact) mass is 337 g/mol. The van der Waals surface area contributed by atoms with Gasteiger partial charge in [-0.2, -0.15) is 4.98 Å². The van der Waals surface area contributed by atoms with Gasteiger partial charge >= 0.3 is 0 Å². The molecule has 7 nitrogen and oxygen atoms in total. The van der Waals surface area contributed by atoms with Crippen molar-refractivity contribution in [1.82, 2.24) is 19.5 Å². The summed E-state index contributed by atoms with van der Waals surface area (Å²) >= 11 is 0. The number of rotatable bonds is 4. The number of nitrogens with zero attached hydrogens (tertiary/aromatic N) is 5. The zero-order valence-corrected chi connectivity index (χ0v) is 13.7. The van der Waals surface area contributed by atoms with Crippen LogP contribution in [-0.2, 0) is 6.54 Å². The van der Waals surface area contributed by atoms with Gasteiger partial charge in [-0.15, -0.1) is 0 Å². The molecule has 0 spiro atoms. The van der Waals surface area contributed by atoms with Crippen LogP contribution in [0.2, 0.25) is 0 Å². The van der Waals surface area contributed by atoms with Crippen LogP contribution in [0.25, 0.3) is 11.0 Å². The second-order valence-electron chi connectivity index (χ2n) is 6.23. The van der Waals surface area contributed by atoms with Gasteiger partial charge in [0.15, 0.2) is 0 Å². The number of hydrogen-bond acceptors (Lipinski definition) is 6. The minimum Gasteiger partial charge on any atom is -0.394 e. The fraction of sp³-hybridized carbons (Fsp3) is 0.333. The van der Waals surface area contributed by atoms with E-state index in [1.54, 1.807) is 35.3 Å². The van der Waals surface area contributed by atoms with E-state index in [4.69, 9.17) is 0 Å². The fourth-order valence-electron chi connectivity index (χ4n) is 3.31. The lowest BCUT2D eigenvalue weighted by molar-refractivity contribution is 0.265. The molecule has 1 aliphatic heterocycles. The van der Waals surface area contributed by atoms with Crippen LogP contribution < -0.4 is 10.5 Å². The van der Waals surface area contributed by atoms with E-state index in [0.717, 1.165) is 30.3 Å². The van der Waals surface area contributed by atoms with Gasteiger partial charge in [-0.1, -0.05) is 0 Å². The van der Waals surface area contributed by atoms with E-state index in [0.29, 0.717) is 18.1 Å². The van der Waals surface area contributed by atoms with Gasteiger partial charge in [0.2, 0.25) is 5.95 Å². The van der Waals surface area contributed by atoms with Crippen LogP contribution in [0, 0.1) is 0 Å². The van der Waals surface area contributed by atoms with Crippen LogP contribution in [0.3, 0.4) is 0 Å². The van der Waals surface area contributed by atoms with Gasteiger partial charge in [0, 0.05) is 36.6 Å². The Bertz CT molecular complexity index is 941. The fourth-order valence-corrected chi connectivity index (χ4v) is 3.31. The first-order valence-corrected chi connectivity index (χ1v) is 8.39. The maximum absolute atomic E-state index is 12.4. The van der Waals surface area contributed by atoms with E-state index < -0.39 is 0 Å². The molecule has 0 amide bonds. The van der Waals surface area contributed by atoms with Crippen molar-refractivity contribution >= 4 is 17.0 Å². The molecule has 0 aromatic carbocycles. The highest BCUT2D eigenvalue weighted by Gasteiger charge is 2.26. The zero-order chi connectivity index (χ0) is 17.2. The summed E-state index contributed by atoms with van der Waals surface area (Å²) in [5.41, 5.74) is 1.49. The average molecular weight is 337 g/mol. The van der Waals surface area contributed by atoms with Gasteiger partial charge in [0.25, 0.3) is 5.56 Å². The standard InChI is InChI=1S/C18H19N5O2/c24-12-15-2-1-9-22(15)18-20-10-14-3-4-16(25)23(17(14)21-18)11-13-5-7-19-8-6-13/h3-8,10,15,24H,1-2,9,11-12H2. The van der Waals surface area contributed by atoms with Crippen molar-refractivity contribution < 1.29 is 5.11 Å². The SMILES string of the molecule is O=c1ccc2cnc(N3CCCC3CO)nc2n1Cc1ccncc1. The van der Waals surface area contributed by atoms with Gasteiger partial charge in [-0.3, -0.25) is 14.3 Å². The first kappa shape index (κ1) is 15.7. The molecule has 4 rings (SSSR count). The molecule has 25 heavy (non-hydrogen) atoms. The third kappa shape index (κ3) is 2.98. The number of pyridine rings is 2. The summed E-state index contributed by atoms with van der Waals surface area (Å²) in [6, 6.07) is 7.10. The molecule has 3 aromatic rings. The molecule has 0 radical (unpaired) electrons. The second-order valence-corrected chi connectivity index (χ2v) is 6.23. The molecule has 1 atom stereocenters. The molecule has 4 heterocycles. The molecule has 1 N–H and O–H groups in total. The third-order valence-corrected chi connectivity index (χ3v) is 4.65. The maximum Gasteiger partial charge on any atom is 0.252 e. The number of aromatic nitrogens is 4. The number of aliphatic hydroxyl groups excluding tert-OH is 1. The smallest absolute Gasteiger partial charge is 0.252 e. The molecule has 3 aromatic heterocycles. The summed E-state index contributed by atoms with van der Waals surface area (Å²) in [7, 11) is 0. The molecular weight excluding hydrogens is 318 g/mol. The number of hydrogen-bond donors (Lipinski definition) is 1. The molecule has 0 aliphatic carbocycles. The molecule has 128 valence electrons. The second kappa shape index (κ2) is 6.60. The maximum atomic E-state index is 12.4. The van der Waals surface area contributed by atoms with E-state index in [2.05, 4.69) is 15.0 Å². The summed E-state index contributed by atoms with van der Waals surface area (Å²) in [4.78, 5) is 27.6. The quantitative estimate of drug-likeness (QED) is 0.770. The van der Waals surface area contributed by atoms with Crippen molar-refractivity contribution in [2.75, 3.05) is 18.1 Å². The molecule has 1 saturated heterocycles. The lowest BCUT2D eigenvalue weighted by Crippen LogP contribution is -2.33. The van der Waals surface area contributed by atoms with E-state index >= 15 is 0 Å². The van der Waals surface area contributed by atoms with Gasteiger partial charge in [-0.05, 0) is 36.6 Å². The number of aliphatic hydroxyl groups is 1. The lowest BCUT2D eigenvalue weighted by Gasteiger charge is -2.23. The Hall–Kier alpha value is -2.80. The Morgan fingerprint density at radius 3 is 2.84 bits per heavy atom. The van der Waals surface area contributed by atoms with Crippen molar-refractivity contribution in [1.29, 1.82) is 0 Å². The highest BCUT2D eigenvalue weighted by molar-refractivity contribution is 5.75. The summed E-state index contributed by atoms with van der Waals surface area (Å²) in [5.74, 6) is 0.568. The van der Waals surface area contributed by atoms with Crippen molar-refractivity contribution in [3.63, 3.8) is 0 Å². The van der Waals surface area contributed by atoms with Crippen LogP contribution in [0.15, 0.2) is 47.7 Å². The van der Waals surface area contributed by atoms with Crippen molar-refractivity contribution in [2.24, 2.45) is 0 Å². The Labute approximate surface area is 144 Å². The van der Waals surface area contributed by atoms with E-state index in [-0.39, 0.29) is 18.2 Å². The Morgan fingerprint density at radius 2 is 2.04 bits per heavy atom. The summed E-state index contributed by atoms with van der Waals surface area (Å²) < 4.78 is 1.65. The van der Waals surface area contributed by atoms with E-state index in [1.807, 2.05) is 17.0 Å². The first-order valence-electron chi connectivity index (χ1n) is 8.39. The normalized spacial score (nSPS) is 17.3. The lowest BCUT2D eigenvalue weighted by atomic mass is 10.2. The predicted octanol–water partition coefficient (Wildman–Crippen LogP) is 1.20. The van der Waals surface area contributed by atoms with Crippen LogP contribution in [-0.4, -0.2) is 43.8 Å². The first-order chi connectivity index (χ1) is 12.3. The molecule has 1 unspecified atom stereocenters. The predicted molar refractivity (Wildman–Crippen MR) is 94.6 cm³/mol. The Morgan fingerprint density at radius 1 is 1.20 bits per heavy atom. The summed E-state index contributed by atoms with van der Waals surface area (Å²) in [5, 5.41) is 10.4. The Balaban J connectivity index is 1.80. The van der Waals surface area contributed by atoms with E-state index in [9.17, 15) is 9.90 Å². The van der Waals surface area contributed by atoms with Crippen LogP contribution in [0.5, 0.6) is 0 Å². The summed E-state index contributed by atoms with van der Waals surface area (Å²) in [6.45, 7) is 1.33. The molecule has 7 heteroatoms. The zero-order valence-electron chi connectivity index (χ0n) is 13.7. The van der Waals surface area contributed by atoms with Gasteiger partial charge < -0.3 is 10.0 Å². The van der Waals surface area contributed by atoms with Crippen LogP contribution in [0.4, 0.5) is 5.95 Å². The van der Waals surface area contributed by atoms with Crippen LogP contribution in [0.1, 0.15) is 18.4 Å². The van der Waals surface area contributed by atoms with Crippen molar-refractivity contribution in [3.05, 3.63) is 58.8 Å². The third-order valence-electron chi connectivity index (χ3n) is 4.65. The van der Waals surface area contributed by atoms with Crippen molar-refractivity contribution in [2.45, 2.75) is 25.4 Å². The largest absolute Gasteiger partial charge is 0.394 e. The van der Waals surface area contributed by atoms with Gasteiger partial charge in [0.1, 0.15) is 5.65 Å². The van der Waals surface area contributed by atoms with Gasteiger partial charge in [0.05, 0.1) is 19.2 Å². The molecule has 1 fully saturated rings. The molecule has 0 bridgehead atoms. The van der Waals surface area contributed by atoms with Crippen LogP contribution >= 0.6 is 0 Å². The number of anilines is 1. The highest BCUT2D eigenvalue weighted by Crippen LogP contribution is 2.23. The Kier molecular flexibility index (Phi) is 4.15. The topological polar surface area (TPSA) is 84.1 Å². The van der Waals surface area contributed by atoms with Crippen molar-refractivity contribution in [3.8, 4) is 0 Å². The molecular formula is C18H19N5O2. The number of fused-ring (bicyclic) bond motifs is 1. The average Bonchev–Trinajstić information content (AvgIpc) is 3.13. The molecule has 1 aliphatic rings. The minimum absolute atomic E-state index is 0.0431. The molecule has 0 saturated carbocycles. The minimum atomic E-state index is -0.103. The van der Waals surface area contributed by atoms with E-state index in [1.165, 1.54) is 0 Å². The highest BCUT2D eigenvalue weighted by atomic mass is 16.3. The van der Waals surface area contributed by atoms with Gasteiger partial charge in [-0.25, -0.2) is 4.98 Å². The summed E-state index contributed by atoms with van der Waals surface area (Å²) in [6.07, 6.45) is 7.10.